The molecule has 0 aliphatic carbocycles. The molecular weight excluding hydrogens is 376 g/mol. The zero-order chi connectivity index (χ0) is 20.5. The molecule has 150 valence electrons. The van der Waals surface area contributed by atoms with Crippen LogP contribution in [0.2, 0.25) is 0 Å². The normalized spacial score (nSPS) is 11.9. The van der Waals surface area contributed by atoms with Crippen LogP contribution in [0.1, 0.15) is 26.7 Å². The average Bonchev–Trinajstić information content (AvgIpc) is 2.68. The molecule has 1 aromatic carbocycles. The molecule has 2 aromatic rings. The van der Waals surface area contributed by atoms with E-state index in [9.17, 15) is 14.4 Å². The van der Waals surface area contributed by atoms with Gasteiger partial charge in [0.15, 0.2) is 0 Å². The van der Waals surface area contributed by atoms with E-state index in [1.54, 1.807) is 6.20 Å². The summed E-state index contributed by atoms with van der Waals surface area (Å²) in [6.07, 6.45) is 2.32. The lowest BCUT2D eigenvalue weighted by atomic mass is 10.0. The van der Waals surface area contributed by atoms with E-state index < -0.39 is 6.04 Å². The third kappa shape index (κ3) is 6.53. The molecule has 3 N–H and O–H groups in total. The van der Waals surface area contributed by atoms with Gasteiger partial charge in [-0.25, -0.2) is 0 Å². The van der Waals surface area contributed by atoms with Crippen LogP contribution in [0.25, 0.3) is 10.9 Å². The Hall–Kier alpha value is -2.61. The van der Waals surface area contributed by atoms with Gasteiger partial charge in [-0.2, -0.15) is 12.6 Å². The highest BCUT2D eigenvalue weighted by Crippen LogP contribution is 2.17. The zero-order valence-electron chi connectivity index (χ0n) is 16.1. The number of carbonyl (C=O) groups excluding carboxylic acids is 3. The number of hydrogen-bond donors (Lipinski definition) is 4. The molecule has 3 amide bonds. The molecule has 7 nitrogen and oxygen atoms in total. The molecule has 1 atom stereocenters. The van der Waals surface area contributed by atoms with Gasteiger partial charge in [-0.05, 0) is 24.5 Å². The molecule has 0 aliphatic heterocycles. The van der Waals surface area contributed by atoms with Gasteiger partial charge in [-0.3, -0.25) is 19.4 Å². The number of pyridine rings is 1. The van der Waals surface area contributed by atoms with Crippen LogP contribution in [0, 0.1) is 5.92 Å². The van der Waals surface area contributed by atoms with Gasteiger partial charge in [0.25, 0.3) is 0 Å². The topological polar surface area (TPSA) is 100 Å². The largest absolute Gasteiger partial charge is 0.355 e. The fraction of sp³-hybridized carbons (Fsp3) is 0.400. The number of nitrogens with zero attached hydrogens (tertiary/aromatic N) is 1. The second-order valence-electron chi connectivity index (χ2n) is 6.81. The van der Waals surface area contributed by atoms with Gasteiger partial charge in [0.2, 0.25) is 17.7 Å². The molecule has 1 aromatic heterocycles. The average molecular weight is 403 g/mol. The monoisotopic (exact) mass is 402 g/mol. The lowest BCUT2D eigenvalue weighted by molar-refractivity contribution is -0.127. The fourth-order valence-electron chi connectivity index (χ4n) is 2.67. The smallest absolute Gasteiger partial charge is 0.247 e. The van der Waals surface area contributed by atoms with Gasteiger partial charge in [0.1, 0.15) is 6.04 Å². The van der Waals surface area contributed by atoms with E-state index in [1.165, 1.54) is 0 Å². The van der Waals surface area contributed by atoms with Crippen LogP contribution >= 0.6 is 12.6 Å². The number of thiol groups is 1. The summed E-state index contributed by atoms with van der Waals surface area (Å²) in [6.45, 7) is 4.14. The van der Waals surface area contributed by atoms with Gasteiger partial charge in [0, 0.05) is 18.4 Å². The van der Waals surface area contributed by atoms with Crippen LogP contribution < -0.4 is 16.0 Å². The van der Waals surface area contributed by atoms with Crippen molar-refractivity contribution in [3.63, 3.8) is 0 Å². The summed E-state index contributed by atoms with van der Waals surface area (Å²) in [6, 6.07) is 8.82. The first-order valence-corrected chi connectivity index (χ1v) is 9.86. The fourth-order valence-corrected chi connectivity index (χ4v) is 2.78. The Balaban J connectivity index is 1.91. The predicted octanol–water partition coefficient (Wildman–Crippen LogP) is 2.14. The van der Waals surface area contributed by atoms with E-state index in [0.29, 0.717) is 18.7 Å². The molecular formula is C20H26N4O3S. The van der Waals surface area contributed by atoms with Gasteiger partial charge >= 0.3 is 0 Å². The Labute approximate surface area is 170 Å². The maximum absolute atomic E-state index is 12.7. The number of carbonyl (C=O) groups is 3. The SMILES string of the molecule is CC(C)C(NC(=O)CCCNC(=O)CS)C(=O)Nc1cnc2ccccc2c1. The number of para-hydroxylation sites is 1. The number of aromatic nitrogens is 1. The highest BCUT2D eigenvalue weighted by atomic mass is 32.1. The van der Waals surface area contributed by atoms with Crippen molar-refractivity contribution in [2.45, 2.75) is 32.7 Å². The number of nitrogens with one attached hydrogen (secondary N) is 3. The molecule has 0 saturated heterocycles. The minimum absolute atomic E-state index is 0.0822. The minimum atomic E-state index is -0.661. The first kappa shape index (κ1) is 21.7. The second kappa shape index (κ2) is 10.7. The van der Waals surface area contributed by atoms with Crippen LogP contribution in [-0.2, 0) is 14.4 Å². The number of benzene rings is 1. The summed E-state index contributed by atoms with van der Waals surface area (Å²) in [5.74, 6) is -0.659. The number of rotatable bonds is 9. The Kier molecular flexibility index (Phi) is 8.25. The molecule has 0 bridgehead atoms. The van der Waals surface area contributed by atoms with Crippen LogP contribution in [-0.4, -0.2) is 41.0 Å². The number of fused-ring (bicyclic) bond motifs is 1. The Morgan fingerprint density at radius 1 is 1.14 bits per heavy atom. The van der Waals surface area contributed by atoms with Crippen molar-refractivity contribution in [1.29, 1.82) is 0 Å². The Morgan fingerprint density at radius 2 is 1.89 bits per heavy atom. The molecule has 1 heterocycles. The maximum atomic E-state index is 12.7. The van der Waals surface area contributed by atoms with Gasteiger partial charge in [-0.15, -0.1) is 0 Å². The standard InChI is InChI=1S/C20H26N4O3S/c1-13(2)19(24-17(25)8-5-9-21-18(26)12-28)20(27)23-15-10-14-6-3-4-7-16(14)22-11-15/h3-4,6-7,10-11,13,19,28H,5,8-9,12H2,1-2H3,(H,21,26)(H,23,27)(H,24,25). The lowest BCUT2D eigenvalue weighted by Gasteiger charge is -2.22. The van der Waals surface area contributed by atoms with Crippen LogP contribution in [0.3, 0.4) is 0 Å². The first-order chi connectivity index (χ1) is 13.4. The predicted molar refractivity (Wildman–Crippen MR) is 113 cm³/mol. The van der Waals surface area contributed by atoms with Gasteiger partial charge in [0.05, 0.1) is 23.2 Å². The molecule has 0 spiro atoms. The van der Waals surface area contributed by atoms with Crippen molar-refractivity contribution in [3.05, 3.63) is 36.5 Å². The molecule has 0 saturated carbocycles. The number of hydrogen-bond acceptors (Lipinski definition) is 5. The van der Waals surface area contributed by atoms with E-state index >= 15 is 0 Å². The minimum Gasteiger partial charge on any atom is -0.355 e. The van der Waals surface area contributed by atoms with Crippen molar-refractivity contribution < 1.29 is 14.4 Å². The van der Waals surface area contributed by atoms with E-state index in [4.69, 9.17) is 0 Å². The van der Waals surface area contributed by atoms with E-state index in [2.05, 4.69) is 33.6 Å². The van der Waals surface area contributed by atoms with Crippen LogP contribution in [0.5, 0.6) is 0 Å². The van der Waals surface area contributed by atoms with E-state index in [1.807, 2.05) is 44.2 Å². The molecule has 8 heteroatoms. The van der Waals surface area contributed by atoms with Crippen molar-refractivity contribution in [2.75, 3.05) is 17.6 Å². The van der Waals surface area contributed by atoms with Gasteiger partial charge < -0.3 is 16.0 Å². The zero-order valence-corrected chi connectivity index (χ0v) is 17.0. The van der Waals surface area contributed by atoms with Crippen molar-refractivity contribution >= 4 is 46.9 Å². The highest BCUT2D eigenvalue weighted by molar-refractivity contribution is 7.81. The molecule has 0 radical (unpaired) electrons. The molecule has 28 heavy (non-hydrogen) atoms. The van der Waals surface area contributed by atoms with E-state index in [-0.39, 0.29) is 35.8 Å². The quantitative estimate of drug-likeness (QED) is 0.381. The van der Waals surface area contributed by atoms with Crippen molar-refractivity contribution in [1.82, 2.24) is 15.6 Å². The van der Waals surface area contributed by atoms with E-state index in [0.717, 1.165) is 10.9 Å². The third-order valence-corrected chi connectivity index (χ3v) is 4.46. The summed E-state index contributed by atoms with van der Waals surface area (Å²) in [4.78, 5) is 40.3. The van der Waals surface area contributed by atoms with Crippen molar-refractivity contribution in [2.24, 2.45) is 5.92 Å². The summed E-state index contributed by atoms with van der Waals surface area (Å²) in [5.41, 5.74) is 1.43. The maximum Gasteiger partial charge on any atom is 0.247 e. The van der Waals surface area contributed by atoms with Crippen LogP contribution in [0.15, 0.2) is 36.5 Å². The molecule has 2 rings (SSSR count). The van der Waals surface area contributed by atoms with Crippen LogP contribution in [0.4, 0.5) is 5.69 Å². The third-order valence-electron chi connectivity index (χ3n) is 4.17. The molecule has 0 aliphatic rings. The summed E-state index contributed by atoms with van der Waals surface area (Å²) in [5, 5.41) is 9.18. The summed E-state index contributed by atoms with van der Waals surface area (Å²) < 4.78 is 0. The first-order valence-electron chi connectivity index (χ1n) is 9.23. The highest BCUT2D eigenvalue weighted by Gasteiger charge is 2.24. The molecule has 0 fully saturated rings. The Morgan fingerprint density at radius 3 is 2.61 bits per heavy atom. The molecule has 1 unspecified atom stereocenters. The van der Waals surface area contributed by atoms with Crippen molar-refractivity contribution in [3.8, 4) is 0 Å². The summed E-state index contributed by atoms with van der Waals surface area (Å²) in [7, 11) is 0. The number of amides is 3. The lowest BCUT2D eigenvalue weighted by Crippen LogP contribution is -2.47. The van der Waals surface area contributed by atoms with Gasteiger partial charge in [-0.1, -0.05) is 32.0 Å². The Bertz CT molecular complexity index is 841. The summed E-state index contributed by atoms with van der Waals surface area (Å²) >= 11 is 3.87. The second-order valence-corrected chi connectivity index (χ2v) is 7.12. The number of anilines is 1.